The van der Waals surface area contributed by atoms with Crippen LogP contribution in [-0.2, 0) is 11.3 Å². The van der Waals surface area contributed by atoms with Crippen molar-refractivity contribution < 1.29 is 4.74 Å². The second-order valence-corrected chi connectivity index (χ2v) is 4.39. The lowest BCUT2D eigenvalue weighted by Gasteiger charge is -2.35. The largest absolute Gasteiger partial charge is 0.371 e. The minimum absolute atomic E-state index is 0.120. The highest BCUT2D eigenvalue weighted by Crippen LogP contribution is 2.13. The van der Waals surface area contributed by atoms with Crippen LogP contribution in [-0.4, -0.2) is 46.0 Å². The molecule has 1 aromatic heterocycles. The van der Waals surface area contributed by atoms with E-state index in [1.807, 2.05) is 6.07 Å². The van der Waals surface area contributed by atoms with Crippen molar-refractivity contribution in [2.75, 3.05) is 19.0 Å². The number of alkyl halides is 1. The van der Waals surface area contributed by atoms with Crippen molar-refractivity contribution in [3.63, 3.8) is 0 Å². The molecule has 1 aliphatic rings. The van der Waals surface area contributed by atoms with E-state index >= 15 is 0 Å². The maximum Gasteiger partial charge on any atom is 0.142 e. The predicted octanol–water partition coefficient (Wildman–Crippen LogP) is 1.30. The molecule has 2 unspecified atom stereocenters. The van der Waals surface area contributed by atoms with Crippen LogP contribution in [0.5, 0.6) is 0 Å². The second-order valence-electron chi connectivity index (χ2n) is 4.08. The van der Waals surface area contributed by atoms with E-state index in [-0.39, 0.29) is 12.2 Å². The summed E-state index contributed by atoms with van der Waals surface area (Å²) in [5.41, 5.74) is 0. The van der Waals surface area contributed by atoms with E-state index in [0.717, 1.165) is 25.5 Å². The first-order chi connectivity index (χ1) is 7.78. The Morgan fingerprint density at radius 2 is 2.19 bits per heavy atom. The number of nitrogens with zero attached hydrogens (tertiary/aromatic N) is 3. The Hall–Kier alpha value is -0.710. The first-order valence-electron chi connectivity index (χ1n) is 5.47. The van der Waals surface area contributed by atoms with Crippen LogP contribution in [0.25, 0.3) is 0 Å². The molecule has 1 saturated heterocycles. The lowest BCUT2D eigenvalue weighted by Crippen LogP contribution is -2.46. The van der Waals surface area contributed by atoms with Gasteiger partial charge in [-0.05, 0) is 13.0 Å². The van der Waals surface area contributed by atoms with Crippen LogP contribution in [0, 0.1) is 0 Å². The lowest BCUT2D eigenvalue weighted by molar-refractivity contribution is -0.0694. The van der Waals surface area contributed by atoms with E-state index in [9.17, 15) is 0 Å². The maximum absolute atomic E-state index is 5.83. The highest BCUT2D eigenvalue weighted by Gasteiger charge is 2.24. The fraction of sp³-hybridized carbons (Fsp3) is 0.636. The normalized spacial score (nSPS) is 26.9. The van der Waals surface area contributed by atoms with E-state index in [2.05, 4.69) is 21.8 Å². The smallest absolute Gasteiger partial charge is 0.142 e. The summed E-state index contributed by atoms with van der Waals surface area (Å²) in [5, 5.41) is 0. The number of aromatic nitrogens is 2. The Balaban J connectivity index is 1.94. The Morgan fingerprint density at radius 1 is 1.44 bits per heavy atom. The van der Waals surface area contributed by atoms with Crippen molar-refractivity contribution >= 4 is 11.6 Å². The van der Waals surface area contributed by atoms with Crippen LogP contribution in [0.3, 0.4) is 0 Å². The van der Waals surface area contributed by atoms with Crippen molar-refractivity contribution in [1.29, 1.82) is 0 Å². The highest BCUT2D eigenvalue weighted by molar-refractivity contribution is 6.18. The summed E-state index contributed by atoms with van der Waals surface area (Å²) in [6.07, 6.45) is 3.88. The monoisotopic (exact) mass is 241 g/mol. The summed E-state index contributed by atoms with van der Waals surface area (Å²) in [5.74, 6) is 1.39. The Labute approximate surface area is 101 Å². The molecule has 2 heterocycles. The third-order valence-corrected chi connectivity index (χ3v) is 2.90. The number of rotatable bonds is 3. The zero-order chi connectivity index (χ0) is 11.4. The van der Waals surface area contributed by atoms with E-state index in [0.29, 0.717) is 5.88 Å². The van der Waals surface area contributed by atoms with Crippen molar-refractivity contribution in [1.82, 2.24) is 14.9 Å². The third-order valence-electron chi connectivity index (χ3n) is 2.56. The van der Waals surface area contributed by atoms with Gasteiger partial charge in [-0.25, -0.2) is 9.97 Å². The van der Waals surface area contributed by atoms with Crippen LogP contribution in [0.1, 0.15) is 12.7 Å². The molecular weight excluding hydrogens is 226 g/mol. The quantitative estimate of drug-likeness (QED) is 0.748. The van der Waals surface area contributed by atoms with E-state index in [4.69, 9.17) is 16.3 Å². The molecule has 0 spiro atoms. The van der Waals surface area contributed by atoms with Gasteiger partial charge in [0.05, 0.1) is 18.8 Å². The molecule has 0 N–H and O–H groups in total. The SMILES string of the molecule is CC1CN(Cc2ncccn2)CC(CCl)O1. The minimum atomic E-state index is 0.120. The number of halogens is 1. The first kappa shape index (κ1) is 11.8. The maximum atomic E-state index is 5.83. The molecule has 1 aliphatic heterocycles. The number of hydrogen-bond donors (Lipinski definition) is 0. The van der Waals surface area contributed by atoms with Gasteiger partial charge in [-0.1, -0.05) is 0 Å². The highest BCUT2D eigenvalue weighted by atomic mass is 35.5. The van der Waals surface area contributed by atoms with Gasteiger partial charge in [0.2, 0.25) is 0 Å². The van der Waals surface area contributed by atoms with Crippen molar-refractivity contribution in [3.05, 3.63) is 24.3 Å². The van der Waals surface area contributed by atoms with Gasteiger partial charge in [0.15, 0.2) is 0 Å². The van der Waals surface area contributed by atoms with E-state index < -0.39 is 0 Å². The lowest BCUT2D eigenvalue weighted by atomic mass is 10.2. The summed E-state index contributed by atoms with van der Waals surface area (Å²) < 4.78 is 5.69. The first-order valence-corrected chi connectivity index (χ1v) is 6.01. The number of morpholine rings is 1. The summed E-state index contributed by atoms with van der Waals surface area (Å²) in [4.78, 5) is 10.7. The van der Waals surface area contributed by atoms with Gasteiger partial charge in [0.1, 0.15) is 5.82 Å². The van der Waals surface area contributed by atoms with Crippen LogP contribution < -0.4 is 0 Å². The Morgan fingerprint density at radius 3 is 2.88 bits per heavy atom. The zero-order valence-corrected chi connectivity index (χ0v) is 10.1. The summed E-state index contributed by atoms with van der Waals surface area (Å²) in [7, 11) is 0. The zero-order valence-electron chi connectivity index (χ0n) is 9.34. The number of hydrogen-bond acceptors (Lipinski definition) is 4. The molecule has 2 atom stereocenters. The molecule has 1 aromatic rings. The average molecular weight is 242 g/mol. The van der Waals surface area contributed by atoms with Crippen LogP contribution in [0.15, 0.2) is 18.5 Å². The van der Waals surface area contributed by atoms with Gasteiger partial charge in [-0.2, -0.15) is 0 Å². The Kier molecular flexibility index (Phi) is 4.09. The van der Waals surface area contributed by atoms with Crippen molar-refractivity contribution in [2.24, 2.45) is 0 Å². The summed E-state index contributed by atoms with van der Waals surface area (Å²) >= 11 is 5.83. The summed E-state index contributed by atoms with van der Waals surface area (Å²) in [6, 6.07) is 1.83. The van der Waals surface area contributed by atoms with Crippen LogP contribution in [0.2, 0.25) is 0 Å². The third kappa shape index (κ3) is 3.14. The fourth-order valence-electron chi connectivity index (χ4n) is 1.97. The summed E-state index contributed by atoms with van der Waals surface area (Å²) in [6.45, 7) is 4.59. The van der Waals surface area contributed by atoms with Gasteiger partial charge < -0.3 is 4.74 Å². The van der Waals surface area contributed by atoms with Gasteiger partial charge in [-0.3, -0.25) is 4.90 Å². The van der Waals surface area contributed by atoms with E-state index in [1.54, 1.807) is 12.4 Å². The van der Waals surface area contributed by atoms with Crippen LogP contribution in [0.4, 0.5) is 0 Å². The predicted molar refractivity (Wildman–Crippen MR) is 62.4 cm³/mol. The molecular formula is C11H16ClN3O. The average Bonchev–Trinajstić information content (AvgIpc) is 2.29. The fourth-order valence-corrected chi connectivity index (χ4v) is 2.14. The van der Waals surface area contributed by atoms with Crippen LogP contribution >= 0.6 is 11.6 Å². The van der Waals surface area contributed by atoms with Crippen molar-refractivity contribution in [3.8, 4) is 0 Å². The molecule has 88 valence electrons. The molecule has 0 amide bonds. The Bertz CT molecular complexity index is 322. The molecule has 16 heavy (non-hydrogen) atoms. The number of ether oxygens (including phenoxy) is 1. The molecule has 5 heteroatoms. The molecule has 0 radical (unpaired) electrons. The van der Waals surface area contributed by atoms with E-state index in [1.165, 1.54) is 0 Å². The molecule has 0 saturated carbocycles. The van der Waals surface area contributed by atoms with Gasteiger partial charge in [0.25, 0.3) is 0 Å². The molecule has 0 bridgehead atoms. The molecule has 2 rings (SSSR count). The molecule has 4 nitrogen and oxygen atoms in total. The molecule has 0 aliphatic carbocycles. The van der Waals surface area contributed by atoms with Crippen molar-refractivity contribution in [2.45, 2.75) is 25.7 Å². The molecule has 0 aromatic carbocycles. The molecule has 1 fully saturated rings. The minimum Gasteiger partial charge on any atom is -0.371 e. The topological polar surface area (TPSA) is 38.2 Å². The van der Waals surface area contributed by atoms with Gasteiger partial charge in [-0.15, -0.1) is 11.6 Å². The standard InChI is InChI=1S/C11H16ClN3O/c1-9-6-15(7-10(5-12)16-9)8-11-13-3-2-4-14-11/h2-4,9-10H,5-8H2,1H3. The second kappa shape index (κ2) is 5.57. The van der Waals surface area contributed by atoms with Gasteiger partial charge in [0, 0.05) is 31.4 Å². The van der Waals surface area contributed by atoms with Gasteiger partial charge >= 0.3 is 0 Å².